The molecule has 12 rings (SSSR count). The molecule has 31 heteroatoms. The van der Waals surface area contributed by atoms with Gasteiger partial charge < -0.3 is 74.4 Å². The van der Waals surface area contributed by atoms with Gasteiger partial charge in [0.1, 0.15) is 83.1 Å². The van der Waals surface area contributed by atoms with Crippen molar-refractivity contribution in [3.8, 4) is 57.9 Å². The van der Waals surface area contributed by atoms with Crippen molar-refractivity contribution in [1.29, 1.82) is 10.5 Å². The maximum atomic E-state index is 14.9. The number of aliphatic hydroxyl groups is 2. The van der Waals surface area contributed by atoms with Gasteiger partial charge in [-0.1, -0.05) is 0 Å². The van der Waals surface area contributed by atoms with Gasteiger partial charge in [-0.3, -0.25) is 14.6 Å². The van der Waals surface area contributed by atoms with Gasteiger partial charge in [-0.25, -0.2) is 42.3 Å². The average molecular weight is 1350 g/mol. The first-order valence-electron chi connectivity index (χ1n) is 31.8. The molecule has 1 amide bonds. The molecule has 0 saturated carbocycles. The molecule has 97 heavy (non-hydrogen) atoms. The highest BCUT2D eigenvalue weighted by Crippen LogP contribution is 2.38. The number of nitrogens with one attached hydrogen (secondary N) is 3. The minimum atomic E-state index is -3.38. The number of hydrogen-bond donors (Lipinski definition) is 6. The van der Waals surface area contributed by atoms with Crippen LogP contribution in [-0.4, -0.2) is 238 Å². The number of aliphatic carboxylic acids is 1. The molecule has 516 valence electrons. The van der Waals surface area contributed by atoms with E-state index in [9.17, 15) is 42.8 Å². The Morgan fingerprint density at radius 2 is 1.10 bits per heavy atom. The zero-order valence-corrected chi connectivity index (χ0v) is 54.4. The quantitative estimate of drug-likeness (QED) is 0.0540. The summed E-state index contributed by atoms with van der Waals surface area (Å²) in [4.78, 5) is 58.7. The van der Waals surface area contributed by atoms with E-state index in [0.29, 0.717) is 82.2 Å². The van der Waals surface area contributed by atoms with E-state index in [2.05, 4.69) is 80.4 Å². The molecule has 27 nitrogen and oxygen atoms in total. The highest BCUT2D eigenvalue weighted by atomic mass is 19.3. The van der Waals surface area contributed by atoms with Crippen molar-refractivity contribution in [3.05, 3.63) is 96.6 Å². The number of carbonyl (C=O) groups is 2. The van der Waals surface area contributed by atoms with Crippen LogP contribution in [-0.2, 0) is 19.1 Å². The number of anilines is 6. The molecule has 6 saturated heterocycles. The van der Waals surface area contributed by atoms with Crippen LogP contribution in [0.4, 0.5) is 52.2 Å². The van der Waals surface area contributed by atoms with E-state index in [-0.39, 0.29) is 48.1 Å². The Bertz CT molecular complexity index is 3820. The number of likely N-dealkylation sites (tertiary alicyclic amines) is 1. The topological polar surface area (TPSA) is 327 Å². The lowest BCUT2D eigenvalue weighted by molar-refractivity contribution is -0.165. The van der Waals surface area contributed by atoms with Crippen LogP contribution in [0.1, 0.15) is 51.7 Å². The molecule has 6 aliphatic rings. The van der Waals surface area contributed by atoms with Crippen LogP contribution in [0.15, 0.2) is 85.5 Å². The molecule has 6 aliphatic heterocycles. The van der Waals surface area contributed by atoms with Crippen LogP contribution in [0.3, 0.4) is 0 Å². The molecule has 6 N–H and O–H groups in total. The number of methoxy groups -OCH3 is 2. The number of aromatic nitrogens is 6. The van der Waals surface area contributed by atoms with Gasteiger partial charge in [-0.05, 0) is 94.9 Å². The molecular weight excluding hydrogens is 1270 g/mol. The molecule has 6 fully saturated rings. The van der Waals surface area contributed by atoms with Crippen molar-refractivity contribution in [2.45, 2.75) is 101 Å². The Kier molecular flexibility index (Phi) is 22.7. The lowest BCUT2D eigenvalue weighted by Gasteiger charge is -2.46. The zero-order chi connectivity index (χ0) is 69.1. The Balaban J connectivity index is 0.000000195. The number of piperazine rings is 2. The van der Waals surface area contributed by atoms with E-state index in [0.717, 1.165) is 82.0 Å². The molecule has 0 bridgehead atoms. The van der Waals surface area contributed by atoms with Crippen molar-refractivity contribution in [2.24, 2.45) is 0 Å². The summed E-state index contributed by atoms with van der Waals surface area (Å²) in [5.74, 6) is -5.23. The predicted molar refractivity (Wildman–Crippen MR) is 347 cm³/mol. The van der Waals surface area contributed by atoms with E-state index >= 15 is 0 Å². The normalized spacial score (nSPS) is 21.6. The smallest absolute Gasteiger partial charge is 0.332 e. The number of pyridine rings is 2. The van der Waals surface area contributed by atoms with Gasteiger partial charge in [0.25, 0.3) is 11.8 Å². The second kappa shape index (κ2) is 31.2. The molecule has 0 spiro atoms. The summed E-state index contributed by atoms with van der Waals surface area (Å²) in [5.41, 5.74) is 4.24. The maximum absolute atomic E-state index is 14.9. The molecule has 2 unspecified atom stereocenters. The molecular formula is C66H78F4N16O11. The molecule has 0 radical (unpaired) electrons. The SMILES string of the molecule is COc1nc(Nc2cc(-c3ccc(OC4CCN(C(=O)[C@@H](C)O)CC4(F)F)c(C#N)c3)ncn2)ccc1N1CCN(C2COC2)C[C@@H]1C.COc1nc(Nc2cc(-c3ccc(OC4CCNCC4(F)F)c(C#N)c3)ncn2)ccc1N1CCN(C2COC2)C[C@@H]1C.C[C@@H](O)C(=O)O. The van der Waals surface area contributed by atoms with E-state index in [1.165, 1.54) is 44.7 Å². The van der Waals surface area contributed by atoms with Gasteiger partial charge in [0.05, 0.1) is 88.3 Å². The summed E-state index contributed by atoms with van der Waals surface area (Å²) >= 11 is 0. The summed E-state index contributed by atoms with van der Waals surface area (Å²) in [6.45, 7) is 14.6. The van der Waals surface area contributed by atoms with E-state index < -0.39 is 61.2 Å². The Labute approximate surface area is 557 Å². The Hall–Kier alpha value is -9.34. The first kappa shape index (κ1) is 70.5. The van der Waals surface area contributed by atoms with E-state index in [1.807, 2.05) is 30.3 Å². The number of carboxylic acid groups (broad SMARTS) is 1. The second-order valence-corrected chi connectivity index (χ2v) is 24.3. The number of halogens is 4. The fourth-order valence-corrected chi connectivity index (χ4v) is 11.9. The summed E-state index contributed by atoms with van der Waals surface area (Å²) in [5, 5.41) is 53.9. The van der Waals surface area contributed by atoms with Crippen molar-refractivity contribution in [3.63, 3.8) is 0 Å². The number of rotatable bonds is 18. The van der Waals surface area contributed by atoms with Crippen LogP contribution in [0.2, 0.25) is 0 Å². The van der Waals surface area contributed by atoms with Crippen LogP contribution >= 0.6 is 0 Å². The van der Waals surface area contributed by atoms with Crippen LogP contribution in [0, 0.1) is 22.7 Å². The molecule has 10 heterocycles. The second-order valence-electron chi connectivity index (χ2n) is 24.3. The van der Waals surface area contributed by atoms with Gasteiger partial charge in [0, 0.05) is 94.0 Å². The highest BCUT2D eigenvalue weighted by Gasteiger charge is 2.49. The summed E-state index contributed by atoms with van der Waals surface area (Å²) < 4.78 is 91.8. The lowest BCUT2D eigenvalue weighted by Crippen LogP contribution is -2.59. The van der Waals surface area contributed by atoms with Gasteiger partial charge in [-0.15, -0.1) is 0 Å². The van der Waals surface area contributed by atoms with Gasteiger partial charge in [-0.2, -0.15) is 20.5 Å². The average Bonchev–Trinajstić information content (AvgIpc) is 0.821. The monoisotopic (exact) mass is 1350 g/mol. The molecule has 0 aliphatic carbocycles. The number of hydrogen-bond acceptors (Lipinski definition) is 25. The first-order valence-corrected chi connectivity index (χ1v) is 31.8. The number of aliphatic hydroxyl groups excluding tert-OH is 2. The van der Waals surface area contributed by atoms with Gasteiger partial charge in [0.15, 0.2) is 12.2 Å². The van der Waals surface area contributed by atoms with Gasteiger partial charge >= 0.3 is 11.9 Å². The number of alkyl halides is 4. The summed E-state index contributed by atoms with van der Waals surface area (Å²) in [7, 11) is 3.20. The number of nitrogens with zero attached hydrogens (tertiary/aromatic N) is 13. The lowest BCUT2D eigenvalue weighted by atomic mass is 10.0. The van der Waals surface area contributed by atoms with E-state index in [4.69, 9.17) is 43.6 Å². The minimum Gasteiger partial charge on any atom is -0.483 e. The highest BCUT2D eigenvalue weighted by molar-refractivity contribution is 5.80. The Morgan fingerprint density at radius 1 is 0.639 bits per heavy atom. The largest absolute Gasteiger partial charge is 0.483 e. The van der Waals surface area contributed by atoms with Crippen molar-refractivity contribution < 1.29 is 70.9 Å². The zero-order valence-electron chi connectivity index (χ0n) is 54.4. The van der Waals surface area contributed by atoms with Crippen molar-refractivity contribution in [2.75, 3.05) is 127 Å². The van der Waals surface area contributed by atoms with Crippen LogP contribution < -0.4 is 44.7 Å². The third-order valence-corrected chi connectivity index (χ3v) is 17.4. The van der Waals surface area contributed by atoms with Gasteiger partial charge in [0.2, 0.25) is 11.8 Å². The predicted octanol–water partition coefficient (Wildman–Crippen LogP) is 5.97. The number of nitriles is 2. The summed E-state index contributed by atoms with van der Waals surface area (Å²) in [6.07, 6.45) is -2.69. The number of amides is 1. The van der Waals surface area contributed by atoms with E-state index in [1.54, 1.807) is 44.6 Å². The molecule has 6 aromatic rings. The molecule has 2 aromatic carbocycles. The van der Waals surface area contributed by atoms with Crippen LogP contribution in [0.5, 0.6) is 23.3 Å². The fourth-order valence-electron chi connectivity index (χ4n) is 11.9. The summed E-state index contributed by atoms with van der Waals surface area (Å²) in [6, 6.07) is 26.2. The van der Waals surface area contributed by atoms with Crippen molar-refractivity contribution >= 4 is 46.5 Å². The number of carboxylic acids is 1. The third kappa shape index (κ3) is 17.1. The molecule has 4 aromatic heterocycles. The standard InChI is InChI=1S/C33H38F2N8O5.C30H34F2N8O3.C3H6O3/c1-20-15-41(24-16-47-17-24)10-11-43(20)26-5-7-29(40-31(26)46-3)39-30-13-25(37-19-38-30)22-4-6-27(23(12-22)14-36)48-28-8-9-42(18-33(28,34)35)32(45)21(2)44;1-19-14-39(22-15-42-16-22)9-10-40(19)24-4-6-27(38-29(24)41-2)37-28-12-23(35-18-36-28)20-3-5-25(21(11-20)13-33)43-26-7-8-34-17-30(26,31)32;1-2(4)3(5)6/h4-7,12-13,19-21,24,28,44H,8-11,15-18H2,1-3H3,(H,37,38,39,40);3-6,11-12,18-19,22,26,34H,7-10,14-17H2,1-2H3,(H,35,36,37,38);2,4H,1H3,(H,5,6)/t20-,21+,28?;19-,26?;2-/m001/s1. The number of carbonyl (C=O) groups excluding carboxylic acids is 1. The third-order valence-electron chi connectivity index (χ3n) is 17.4. The maximum Gasteiger partial charge on any atom is 0.332 e. The number of piperidine rings is 2. The number of benzene rings is 2. The fraction of sp³-hybridized carbons (Fsp3) is 0.485. The minimum absolute atomic E-state index is 0.00203. The Morgan fingerprint density at radius 3 is 1.48 bits per heavy atom. The molecule has 6 atom stereocenters. The number of ether oxygens (including phenoxy) is 6. The van der Waals surface area contributed by atoms with Crippen molar-refractivity contribution in [1.82, 2.24) is 49.9 Å². The van der Waals surface area contributed by atoms with Crippen LogP contribution in [0.25, 0.3) is 22.5 Å². The first-order chi connectivity index (χ1) is 46.5.